The maximum absolute atomic E-state index is 12.2. The van der Waals surface area contributed by atoms with E-state index in [1.54, 1.807) is 31.4 Å². The maximum atomic E-state index is 12.2. The Morgan fingerprint density at radius 2 is 1.61 bits per heavy atom. The van der Waals surface area contributed by atoms with Gasteiger partial charge in [0.1, 0.15) is 10.1 Å². The van der Waals surface area contributed by atoms with E-state index in [9.17, 15) is 4.79 Å². The third kappa shape index (κ3) is 3.99. The number of ketones is 1. The minimum atomic E-state index is -0.241. The van der Waals surface area contributed by atoms with Gasteiger partial charge in [0.2, 0.25) is 0 Å². The number of carbonyl (C=O) groups excluding carboxylic acids is 1. The molecule has 1 heterocycles. The standard InChI is InChI=1S/C16H14Cl2O4S/c1-20-12-8-14(22-3)13(21-2)6-9(12)4-5-11(19)10-7-15(17)23-16(10)18/h4-8H,1-3H3. The first-order valence-corrected chi connectivity index (χ1v) is 8.04. The molecule has 0 saturated heterocycles. The van der Waals surface area contributed by atoms with Gasteiger partial charge in [-0.05, 0) is 24.3 Å². The lowest BCUT2D eigenvalue weighted by molar-refractivity contribution is 0.104. The Labute approximate surface area is 148 Å². The third-order valence-electron chi connectivity index (χ3n) is 3.07. The van der Waals surface area contributed by atoms with E-state index >= 15 is 0 Å². The van der Waals surface area contributed by atoms with Crippen molar-refractivity contribution in [3.63, 3.8) is 0 Å². The molecule has 2 rings (SSSR count). The molecule has 0 spiro atoms. The molecule has 1 aromatic carbocycles. The first-order valence-electron chi connectivity index (χ1n) is 6.47. The molecule has 7 heteroatoms. The molecule has 0 saturated carbocycles. The number of carbonyl (C=O) groups is 1. The number of hydrogen-bond acceptors (Lipinski definition) is 5. The average Bonchev–Trinajstić information content (AvgIpc) is 2.90. The van der Waals surface area contributed by atoms with Crippen molar-refractivity contribution in [1.29, 1.82) is 0 Å². The van der Waals surface area contributed by atoms with Crippen LogP contribution in [-0.2, 0) is 0 Å². The average molecular weight is 373 g/mol. The van der Waals surface area contributed by atoms with Crippen LogP contribution in [0.15, 0.2) is 24.3 Å². The van der Waals surface area contributed by atoms with Gasteiger partial charge in [-0.25, -0.2) is 0 Å². The molecule has 0 aliphatic heterocycles. The van der Waals surface area contributed by atoms with E-state index in [-0.39, 0.29) is 5.78 Å². The molecular formula is C16H14Cl2O4S. The highest BCUT2D eigenvalue weighted by atomic mass is 35.5. The van der Waals surface area contributed by atoms with Crippen LogP contribution in [0.5, 0.6) is 17.2 Å². The van der Waals surface area contributed by atoms with Crippen LogP contribution < -0.4 is 14.2 Å². The van der Waals surface area contributed by atoms with Gasteiger partial charge in [-0.1, -0.05) is 23.2 Å². The van der Waals surface area contributed by atoms with Crippen molar-refractivity contribution in [2.75, 3.05) is 21.3 Å². The van der Waals surface area contributed by atoms with Crippen LogP contribution in [0, 0.1) is 0 Å². The van der Waals surface area contributed by atoms with Gasteiger partial charge in [0.25, 0.3) is 0 Å². The van der Waals surface area contributed by atoms with Crippen molar-refractivity contribution < 1.29 is 19.0 Å². The van der Waals surface area contributed by atoms with Crippen molar-refractivity contribution >= 4 is 46.4 Å². The van der Waals surface area contributed by atoms with Gasteiger partial charge in [-0.15, -0.1) is 11.3 Å². The van der Waals surface area contributed by atoms with Crippen LogP contribution in [0.1, 0.15) is 15.9 Å². The number of ether oxygens (including phenoxy) is 3. The molecule has 0 N–H and O–H groups in total. The first-order chi connectivity index (χ1) is 11.0. The number of halogens is 2. The topological polar surface area (TPSA) is 44.8 Å². The maximum Gasteiger partial charge on any atom is 0.188 e. The van der Waals surface area contributed by atoms with E-state index in [1.165, 1.54) is 20.3 Å². The predicted octanol–water partition coefficient (Wildman–Crippen LogP) is 4.98. The van der Waals surface area contributed by atoms with E-state index < -0.39 is 0 Å². The highest BCUT2D eigenvalue weighted by molar-refractivity contribution is 7.20. The molecule has 122 valence electrons. The number of methoxy groups -OCH3 is 3. The largest absolute Gasteiger partial charge is 0.496 e. The van der Waals surface area contributed by atoms with Crippen LogP contribution in [0.4, 0.5) is 0 Å². The summed E-state index contributed by atoms with van der Waals surface area (Å²) >= 11 is 13.0. The van der Waals surface area contributed by atoms with Gasteiger partial charge >= 0.3 is 0 Å². The lowest BCUT2D eigenvalue weighted by Crippen LogP contribution is -1.95. The molecule has 0 fully saturated rings. The number of benzene rings is 1. The molecule has 0 amide bonds. The van der Waals surface area contributed by atoms with Gasteiger partial charge in [0.05, 0.1) is 31.2 Å². The lowest BCUT2D eigenvalue weighted by Gasteiger charge is -2.12. The fraction of sp³-hybridized carbons (Fsp3) is 0.188. The molecule has 0 aliphatic rings. The minimum Gasteiger partial charge on any atom is -0.496 e. The zero-order valence-electron chi connectivity index (χ0n) is 12.7. The number of thiophene rings is 1. The van der Waals surface area contributed by atoms with Gasteiger partial charge in [-0.2, -0.15) is 0 Å². The van der Waals surface area contributed by atoms with Gasteiger partial charge in [0, 0.05) is 11.6 Å². The molecule has 23 heavy (non-hydrogen) atoms. The van der Waals surface area contributed by atoms with E-state index in [0.29, 0.717) is 37.0 Å². The summed E-state index contributed by atoms with van der Waals surface area (Å²) in [4.78, 5) is 12.2. The van der Waals surface area contributed by atoms with E-state index in [4.69, 9.17) is 37.4 Å². The quantitative estimate of drug-likeness (QED) is 0.529. The third-order valence-corrected chi connectivity index (χ3v) is 4.56. The van der Waals surface area contributed by atoms with Crippen molar-refractivity contribution in [3.05, 3.63) is 44.1 Å². The van der Waals surface area contributed by atoms with E-state index in [2.05, 4.69) is 0 Å². The fourth-order valence-electron chi connectivity index (χ4n) is 1.95. The summed E-state index contributed by atoms with van der Waals surface area (Å²) in [5.41, 5.74) is 1.05. The Bertz CT molecular complexity index is 753. The van der Waals surface area contributed by atoms with Crippen LogP contribution in [0.25, 0.3) is 6.08 Å². The second-order valence-electron chi connectivity index (χ2n) is 4.38. The second-order valence-corrected chi connectivity index (χ2v) is 6.67. The van der Waals surface area contributed by atoms with E-state index in [0.717, 1.165) is 11.3 Å². The molecule has 0 radical (unpaired) electrons. The van der Waals surface area contributed by atoms with Crippen molar-refractivity contribution in [2.24, 2.45) is 0 Å². The molecule has 0 bridgehead atoms. The van der Waals surface area contributed by atoms with Crippen molar-refractivity contribution in [1.82, 2.24) is 0 Å². The lowest BCUT2D eigenvalue weighted by atomic mass is 10.1. The highest BCUT2D eigenvalue weighted by Crippen LogP contribution is 2.36. The van der Waals surface area contributed by atoms with E-state index in [1.807, 2.05) is 0 Å². The molecule has 0 aliphatic carbocycles. The summed E-state index contributed by atoms with van der Waals surface area (Å²) in [6.45, 7) is 0. The fourth-order valence-corrected chi connectivity index (χ4v) is 3.42. The zero-order chi connectivity index (χ0) is 17.0. The smallest absolute Gasteiger partial charge is 0.188 e. The van der Waals surface area contributed by atoms with Crippen molar-refractivity contribution in [3.8, 4) is 17.2 Å². The summed E-state index contributed by atoms with van der Waals surface area (Å²) in [6.07, 6.45) is 3.04. The Balaban J connectivity index is 2.34. The predicted molar refractivity (Wildman–Crippen MR) is 93.8 cm³/mol. The second kappa shape index (κ2) is 7.73. The number of hydrogen-bond donors (Lipinski definition) is 0. The summed E-state index contributed by atoms with van der Waals surface area (Å²) in [5.74, 6) is 1.40. The number of rotatable bonds is 6. The Morgan fingerprint density at radius 1 is 1.00 bits per heavy atom. The van der Waals surface area contributed by atoms with Crippen molar-refractivity contribution in [2.45, 2.75) is 0 Å². The van der Waals surface area contributed by atoms with Crippen LogP contribution in [-0.4, -0.2) is 27.1 Å². The minimum absolute atomic E-state index is 0.241. The monoisotopic (exact) mass is 372 g/mol. The normalized spacial score (nSPS) is 10.8. The molecule has 2 aromatic rings. The molecular weight excluding hydrogens is 359 g/mol. The molecule has 4 nitrogen and oxygen atoms in total. The van der Waals surface area contributed by atoms with Crippen LogP contribution in [0.3, 0.4) is 0 Å². The molecule has 0 atom stereocenters. The van der Waals surface area contributed by atoms with Gasteiger partial charge < -0.3 is 14.2 Å². The summed E-state index contributed by atoms with van der Waals surface area (Å²) in [6, 6.07) is 4.97. The Kier molecular flexibility index (Phi) is 5.93. The van der Waals surface area contributed by atoms with Gasteiger partial charge in [0.15, 0.2) is 17.3 Å². The Morgan fingerprint density at radius 3 is 2.13 bits per heavy atom. The number of allylic oxidation sites excluding steroid dienone is 1. The first kappa shape index (κ1) is 17.7. The summed E-state index contributed by atoms with van der Waals surface area (Å²) in [5, 5.41) is 0. The Hall–Kier alpha value is -1.69. The van der Waals surface area contributed by atoms with Crippen LogP contribution >= 0.6 is 34.5 Å². The van der Waals surface area contributed by atoms with Crippen LogP contribution in [0.2, 0.25) is 8.67 Å². The summed E-state index contributed by atoms with van der Waals surface area (Å²) < 4.78 is 16.6. The highest BCUT2D eigenvalue weighted by Gasteiger charge is 2.13. The molecule has 1 aromatic heterocycles. The van der Waals surface area contributed by atoms with Gasteiger partial charge in [-0.3, -0.25) is 4.79 Å². The molecule has 0 unspecified atom stereocenters. The summed E-state index contributed by atoms with van der Waals surface area (Å²) in [7, 11) is 4.62. The SMILES string of the molecule is COc1cc(OC)c(OC)cc1C=CC(=O)c1cc(Cl)sc1Cl. The zero-order valence-corrected chi connectivity index (χ0v) is 15.0.